The summed E-state index contributed by atoms with van der Waals surface area (Å²) in [5.74, 6) is 0.0350. The minimum Gasteiger partial charge on any atom is -0.362 e. The predicted octanol–water partition coefficient (Wildman–Crippen LogP) is 5.80. The van der Waals surface area contributed by atoms with Crippen molar-refractivity contribution in [2.45, 2.75) is 13.3 Å². The Labute approximate surface area is 188 Å². The maximum atomic E-state index is 11.0. The number of allylic oxidation sites excluding steroid dienone is 1. The van der Waals surface area contributed by atoms with Crippen molar-refractivity contribution in [1.82, 2.24) is 5.01 Å². The summed E-state index contributed by atoms with van der Waals surface area (Å²) in [4.78, 5) is 0. The van der Waals surface area contributed by atoms with Gasteiger partial charge in [0.15, 0.2) is 0 Å². The van der Waals surface area contributed by atoms with E-state index in [1.807, 2.05) is 56.6 Å². The zero-order valence-electron chi connectivity index (χ0n) is 18.1. The Balaban J connectivity index is 2.11. The van der Waals surface area contributed by atoms with E-state index in [0.717, 1.165) is 39.9 Å². The third-order valence-electron chi connectivity index (χ3n) is 4.62. The van der Waals surface area contributed by atoms with Gasteiger partial charge in [-0.2, -0.15) is 8.42 Å². The highest BCUT2D eigenvalue weighted by atomic mass is 32.3. The second kappa shape index (κ2) is 10.2. The molecule has 0 aliphatic rings. The third-order valence-corrected chi connectivity index (χ3v) is 5.02. The normalized spacial score (nSPS) is 12.5. The summed E-state index contributed by atoms with van der Waals surface area (Å²) in [6, 6.07) is 24.4. The van der Waals surface area contributed by atoms with E-state index in [4.69, 9.17) is 4.55 Å². The molecule has 0 radical (unpaired) electrons. The average molecular weight is 452 g/mol. The molecular weight excluding hydrogens is 426 g/mol. The van der Waals surface area contributed by atoms with Gasteiger partial charge in [0.05, 0.1) is 5.69 Å². The summed E-state index contributed by atoms with van der Waals surface area (Å²) in [7, 11) is -0.964. The quantitative estimate of drug-likeness (QED) is 0.202. The smallest absolute Gasteiger partial charge is 0.362 e. The van der Waals surface area contributed by atoms with Gasteiger partial charge in [0, 0.05) is 14.1 Å². The lowest BCUT2D eigenvalue weighted by Gasteiger charge is -2.17. The lowest BCUT2D eigenvalue weighted by Crippen LogP contribution is -2.06. The molecule has 8 heteroatoms. The molecule has 0 unspecified atom stereocenters. The molecule has 0 atom stereocenters. The molecule has 32 heavy (non-hydrogen) atoms. The van der Waals surface area contributed by atoms with E-state index in [9.17, 15) is 8.42 Å². The van der Waals surface area contributed by atoms with Crippen molar-refractivity contribution < 1.29 is 17.2 Å². The van der Waals surface area contributed by atoms with Crippen molar-refractivity contribution in [2.24, 2.45) is 10.3 Å². The first-order valence-corrected chi connectivity index (χ1v) is 11.4. The molecule has 0 fully saturated rings. The van der Waals surface area contributed by atoms with E-state index < -0.39 is 10.4 Å². The lowest BCUT2D eigenvalue weighted by atomic mass is 9.88. The maximum absolute atomic E-state index is 11.0. The first-order chi connectivity index (χ1) is 15.3. The number of rotatable bonds is 8. The molecule has 0 aromatic heterocycles. The van der Waals surface area contributed by atoms with E-state index in [1.54, 1.807) is 17.1 Å². The Morgan fingerprint density at radius 2 is 1.44 bits per heavy atom. The van der Waals surface area contributed by atoms with Crippen LogP contribution in [0.5, 0.6) is 5.75 Å². The molecule has 7 nitrogen and oxygen atoms in total. The van der Waals surface area contributed by atoms with E-state index in [-0.39, 0.29) is 5.75 Å². The van der Waals surface area contributed by atoms with Gasteiger partial charge in [-0.05, 0) is 58.5 Å². The van der Waals surface area contributed by atoms with Crippen LogP contribution in [0.1, 0.15) is 30.0 Å². The van der Waals surface area contributed by atoms with Crippen molar-refractivity contribution in [3.63, 3.8) is 0 Å². The van der Waals surface area contributed by atoms with Crippen LogP contribution in [0.15, 0.2) is 89.2 Å². The second-order valence-electron chi connectivity index (χ2n) is 7.19. The number of benzene rings is 3. The van der Waals surface area contributed by atoms with Gasteiger partial charge in [-0.15, -0.1) is 5.11 Å². The summed E-state index contributed by atoms with van der Waals surface area (Å²) in [6.45, 7) is 2.10. The zero-order chi connectivity index (χ0) is 23.1. The predicted molar refractivity (Wildman–Crippen MR) is 126 cm³/mol. The minimum atomic E-state index is -4.58. The summed E-state index contributed by atoms with van der Waals surface area (Å²) in [5.41, 5.74) is 5.84. The van der Waals surface area contributed by atoms with Crippen molar-refractivity contribution in [3.8, 4) is 5.75 Å². The molecule has 3 aromatic rings. The molecule has 0 spiro atoms. The molecule has 0 amide bonds. The standard InChI is InChI=1S/C24H25N3O4S/c1-4-23(18-8-6-5-7-9-18)24(19-10-14-21(15-11-19)25-26-27(2)3)20-12-16-22(17-13-20)31-32(28,29)30/h5-17H,4H2,1-3H3,(H,28,29,30)/b24-23-,26-25?. The number of hydrogen-bond acceptors (Lipinski definition) is 5. The van der Waals surface area contributed by atoms with E-state index >= 15 is 0 Å². The van der Waals surface area contributed by atoms with E-state index in [0.29, 0.717) is 0 Å². The minimum absolute atomic E-state index is 0.0350. The van der Waals surface area contributed by atoms with Crippen molar-refractivity contribution in [1.29, 1.82) is 0 Å². The number of nitrogens with zero attached hydrogens (tertiary/aromatic N) is 3. The van der Waals surface area contributed by atoms with Gasteiger partial charge in [0.1, 0.15) is 5.75 Å². The van der Waals surface area contributed by atoms with Gasteiger partial charge in [-0.1, -0.05) is 66.7 Å². The van der Waals surface area contributed by atoms with Crippen molar-refractivity contribution >= 4 is 27.2 Å². The molecule has 0 bridgehead atoms. The maximum Gasteiger partial charge on any atom is 0.446 e. The number of hydrogen-bond donors (Lipinski definition) is 1. The summed E-state index contributed by atoms with van der Waals surface area (Å²) >= 11 is 0. The first kappa shape index (κ1) is 23.2. The van der Waals surface area contributed by atoms with Crippen LogP contribution in [0, 0.1) is 0 Å². The van der Waals surface area contributed by atoms with E-state index in [2.05, 4.69) is 33.6 Å². The molecule has 0 heterocycles. The molecule has 0 aliphatic carbocycles. The van der Waals surface area contributed by atoms with Crippen LogP contribution < -0.4 is 4.18 Å². The fourth-order valence-corrected chi connectivity index (χ4v) is 3.67. The van der Waals surface area contributed by atoms with Gasteiger partial charge in [-0.3, -0.25) is 9.56 Å². The van der Waals surface area contributed by atoms with E-state index in [1.165, 1.54) is 12.1 Å². The molecule has 1 N–H and O–H groups in total. The highest BCUT2D eigenvalue weighted by Crippen LogP contribution is 2.35. The Hall–Kier alpha value is -3.49. The first-order valence-electron chi connectivity index (χ1n) is 10.0. The van der Waals surface area contributed by atoms with Crippen LogP contribution in [-0.2, 0) is 10.4 Å². The summed E-state index contributed by atoms with van der Waals surface area (Å²) in [5, 5.41) is 9.84. The highest BCUT2D eigenvalue weighted by Gasteiger charge is 2.14. The van der Waals surface area contributed by atoms with Crippen molar-refractivity contribution in [3.05, 3.63) is 95.6 Å². The average Bonchev–Trinajstić information content (AvgIpc) is 2.77. The van der Waals surface area contributed by atoms with Crippen LogP contribution in [0.4, 0.5) is 5.69 Å². The Kier molecular flexibility index (Phi) is 7.40. The Bertz CT molecular complexity index is 1200. The van der Waals surface area contributed by atoms with Gasteiger partial charge in [-0.25, -0.2) is 0 Å². The molecular formula is C24H25N3O4S. The third kappa shape index (κ3) is 6.26. The Morgan fingerprint density at radius 3 is 1.94 bits per heavy atom. The van der Waals surface area contributed by atoms with Gasteiger partial charge < -0.3 is 4.18 Å². The summed E-state index contributed by atoms with van der Waals surface area (Å²) < 4.78 is 35.5. The molecule has 3 aromatic carbocycles. The molecule has 0 saturated carbocycles. The van der Waals surface area contributed by atoms with Crippen LogP contribution in [0.25, 0.3) is 11.1 Å². The van der Waals surface area contributed by atoms with Gasteiger partial charge in [0.2, 0.25) is 0 Å². The fraction of sp³-hybridized carbons (Fsp3) is 0.167. The lowest BCUT2D eigenvalue weighted by molar-refractivity contribution is 0.387. The molecule has 0 aliphatic heterocycles. The SMILES string of the molecule is CC/C(=C(\c1ccc(N=NN(C)C)cc1)c1ccc(OS(=O)(=O)O)cc1)c1ccccc1. The molecule has 166 valence electrons. The van der Waals surface area contributed by atoms with Gasteiger partial charge >= 0.3 is 10.4 Å². The Morgan fingerprint density at radius 1 is 0.875 bits per heavy atom. The zero-order valence-corrected chi connectivity index (χ0v) is 19.0. The second-order valence-corrected chi connectivity index (χ2v) is 8.21. The van der Waals surface area contributed by atoms with Crippen LogP contribution in [0.2, 0.25) is 0 Å². The van der Waals surface area contributed by atoms with Crippen LogP contribution in [-0.4, -0.2) is 32.1 Å². The highest BCUT2D eigenvalue weighted by molar-refractivity contribution is 7.81. The van der Waals surface area contributed by atoms with Crippen LogP contribution >= 0.6 is 0 Å². The summed E-state index contributed by atoms with van der Waals surface area (Å²) in [6.07, 6.45) is 0.782. The van der Waals surface area contributed by atoms with Crippen molar-refractivity contribution in [2.75, 3.05) is 14.1 Å². The van der Waals surface area contributed by atoms with Gasteiger partial charge in [0.25, 0.3) is 0 Å². The largest absolute Gasteiger partial charge is 0.446 e. The topological polar surface area (TPSA) is 91.6 Å². The molecule has 3 rings (SSSR count). The monoisotopic (exact) mass is 451 g/mol. The molecule has 0 saturated heterocycles. The fourth-order valence-electron chi connectivity index (χ4n) is 3.31. The van der Waals surface area contributed by atoms with Crippen LogP contribution in [0.3, 0.4) is 0 Å².